The number of amides is 2. The molecule has 22 heavy (non-hydrogen) atoms. The summed E-state index contributed by atoms with van der Waals surface area (Å²) in [5, 5.41) is 10.1. The van der Waals surface area contributed by atoms with Crippen molar-refractivity contribution in [3.05, 3.63) is 42.5 Å². The first-order valence-corrected chi connectivity index (χ1v) is 7.53. The van der Waals surface area contributed by atoms with Gasteiger partial charge in [-0.25, -0.2) is 0 Å². The van der Waals surface area contributed by atoms with Gasteiger partial charge >= 0.3 is 0 Å². The molecule has 1 aliphatic carbocycles. The summed E-state index contributed by atoms with van der Waals surface area (Å²) in [7, 11) is 0. The molecule has 0 saturated carbocycles. The number of para-hydroxylation sites is 1. The van der Waals surface area contributed by atoms with E-state index in [-0.39, 0.29) is 36.8 Å². The minimum Gasteiger partial charge on any atom is -0.491 e. The van der Waals surface area contributed by atoms with Crippen molar-refractivity contribution in [2.45, 2.75) is 18.9 Å². The number of hydrogen-bond donors (Lipinski definition) is 1. The summed E-state index contributed by atoms with van der Waals surface area (Å²) in [5.74, 6) is -0.186. The highest BCUT2D eigenvalue weighted by Gasteiger charge is 2.47. The lowest BCUT2D eigenvalue weighted by Crippen LogP contribution is -2.40. The summed E-state index contributed by atoms with van der Waals surface area (Å²) < 4.78 is 5.46. The smallest absolute Gasteiger partial charge is 0.233 e. The monoisotopic (exact) mass is 301 g/mol. The van der Waals surface area contributed by atoms with Gasteiger partial charge in [-0.2, -0.15) is 0 Å². The molecule has 0 aromatic heterocycles. The summed E-state index contributed by atoms with van der Waals surface area (Å²) in [5.41, 5.74) is 0. The van der Waals surface area contributed by atoms with E-state index in [0.29, 0.717) is 18.6 Å². The van der Waals surface area contributed by atoms with Crippen molar-refractivity contribution in [2.24, 2.45) is 11.8 Å². The van der Waals surface area contributed by atoms with Gasteiger partial charge in [-0.05, 0) is 25.0 Å². The van der Waals surface area contributed by atoms with Crippen molar-refractivity contribution in [1.29, 1.82) is 0 Å². The first-order valence-electron chi connectivity index (χ1n) is 7.53. The van der Waals surface area contributed by atoms with Crippen LogP contribution in [-0.2, 0) is 9.59 Å². The summed E-state index contributed by atoms with van der Waals surface area (Å²) >= 11 is 0. The molecule has 1 aromatic carbocycles. The topological polar surface area (TPSA) is 66.8 Å². The van der Waals surface area contributed by atoms with Crippen molar-refractivity contribution in [3.8, 4) is 5.75 Å². The van der Waals surface area contributed by atoms with Crippen LogP contribution in [-0.4, -0.2) is 41.1 Å². The van der Waals surface area contributed by atoms with Crippen molar-refractivity contribution in [2.75, 3.05) is 13.2 Å². The van der Waals surface area contributed by atoms with E-state index in [1.807, 2.05) is 30.4 Å². The number of allylic oxidation sites excluding steroid dienone is 2. The number of benzene rings is 1. The molecule has 116 valence electrons. The normalized spacial score (nSPS) is 25.2. The number of ether oxygens (including phenoxy) is 1. The molecular weight excluding hydrogens is 282 g/mol. The Bertz CT molecular complexity index is 558. The highest BCUT2D eigenvalue weighted by molar-refractivity contribution is 6.05. The van der Waals surface area contributed by atoms with E-state index >= 15 is 0 Å². The Labute approximate surface area is 129 Å². The number of β-amino-alcohol motifs (C(OH)–C–C–N with tert-alkyl or cyclic N) is 1. The van der Waals surface area contributed by atoms with Crippen LogP contribution in [0.15, 0.2) is 42.5 Å². The maximum Gasteiger partial charge on any atom is 0.233 e. The Morgan fingerprint density at radius 2 is 1.68 bits per heavy atom. The quantitative estimate of drug-likeness (QED) is 0.659. The first-order chi connectivity index (χ1) is 10.7. The van der Waals surface area contributed by atoms with E-state index in [9.17, 15) is 14.7 Å². The van der Waals surface area contributed by atoms with Crippen molar-refractivity contribution in [1.82, 2.24) is 4.90 Å². The molecule has 0 spiro atoms. The second-order valence-corrected chi connectivity index (χ2v) is 5.72. The maximum atomic E-state index is 12.3. The molecule has 1 fully saturated rings. The summed E-state index contributed by atoms with van der Waals surface area (Å²) in [4.78, 5) is 25.8. The van der Waals surface area contributed by atoms with E-state index in [4.69, 9.17) is 4.74 Å². The standard InChI is InChI=1S/C17H19NO4/c19-12(11-22-13-6-2-1-3-7-13)10-18-16(20)14-8-4-5-9-15(14)17(18)21/h1-7,12,14-15,19H,8-11H2/t12-,14-,15-/m1/s1. The molecule has 1 saturated heterocycles. The molecule has 3 rings (SSSR count). The highest BCUT2D eigenvalue weighted by atomic mass is 16.5. The lowest BCUT2D eigenvalue weighted by molar-refractivity contribution is -0.141. The van der Waals surface area contributed by atoms with Gasteiger partial charge in [0.2, 0.25) is 11.8 Å². The third-order valence-electron chi connectivity index (χ3n) is 4.18. The number of likely N-dealkylation sites (tertiary alicyclic amines) is 1. The van der Waals surface area contributed by atoms with Gasteiger partial charge < -0.3 is 9.84 Å². The summed E-state index contributed by atoms with van der Waals surface area (Å²) in [6.07, 6.45) is 4.24. The van der Waals surface area contributed by atoms with Gasteiger partial charge in [0.1, 0.15) is 18.5 Å². The van der Waals surface area contributed by atoms with E-state index in [2.05, 4.69) is 0 Å². The Morgan fingerprint density at radius 1 is 1.09 bits per heavy atom. The second-order valence-electron chi connectivity index (χ2n) is 5.72. The number of carbonyl (C=O) groups excluding carboxylic acids is 2. The third-order valence-corrected chi connectivity index (χ3v) is 4.18. The molecular formula is C17H19NO4. The van der Waals surface area contributed by atoms with Gasteiger partial charge in [-0.15, -0.1) is 0 Å². The average molecular weight is 301 g/mol. The van der Waals surface area contributed by atoms with Crippen molar-refractivity contribution >= 4 is 11.8 Å². The molecule has 1 N–H and O–H groups in total. The SMILES string of the molecule is O=C1[C@@H]2CC=CC[C@H]2C(=O)N1C[C@@H](O)COc1ccccc1. The average Bonchev–Trinajstić information content (AvgIpc) is 2.79. The van der Waals surface area contributed by atoms with Gasteiger partial charge in [-0.1, -0.05) is 30.4 Å². The fourth-order valence-electron chi connectivity index (χ4n) is 3.02. The number of nitrogens with zero attached hydrogens (tertiary/aromatic N) is 1. The van der Waals surface area contributed by atoms with Gasteiger partial charge in [0, 0.05) is 0 Å². The molecule has 0 unspecified atom stereocenters. The Hall–Kier alpha value is -2.14. The largest absolute Gasteiger partial charge is 0.491 e. The lowest BCUT2D eigenvalue weighted by Gasteiger charge is -2.19. The van der Waals surface area contributed by atoms with E-state index < -0.39 is 6.10 Å². The van der Waals surface area contributed by atoms with Crippen LogP contribution >= 0.6 is 0 Å². The number of aliphatic hydroxyl groups excluding tert-OH is 1. The van der Waals surface area contributed by atoms with Crippen molar-refractivity contribution in [3.63, 3.8) is 0 Å². The van der Waals surface area contributed by atoms with Crippen LogP contribution in [0, 0.1) is 11.8 Å². The van der Waals surface area contributed by atoms with Gasteiger partial charge in [0.15, 0.2) is 0 Å². The van der Waals surface area contributed by atoms with Gasteiger partial charge in [-0.3, -0.25) is 14.5 Å². The van der Waals surface area contributed by atoms with Crippen LogP contribution < -0.4 is 4.74 Å². The number of rotatable bonds is 5. The number of aliphatic hydroxyl groups is 1. The number of hydrogen-bond acceptors (Lipinski definition) is 4. The first kappa shape index (κ1) is 14.8. The molecule has 5 nitrogen and oxygen atoms in total. The van der Waals surface area contributed by atoms with E-state index in [0.717, 1.165) is 0 Å². The zero-order chi connectivity index (χ0) is 15.5. The van der Waals surface area contributed by atoms with Crippen LogP contribution in [0.5, 0.6) is 5.75 Å². The molecule has 1 aromatic rings. The van der Waals surface area contributed by atoms with Crippen LogP contribution in [0.25, 0.3) is 0 Å². The zero-order valence-corrected chi connectivity index (χ0v) is 12.2. The molecule has 1 aliphatic heterocycles. The summed E-state index contributed by atoms with van der Waals surface area (Å²) in [6.45, 7) is 0.0478. The van der Waals surface area contributed by atoms with Crippen LogP contribution in [0.4, 0.5) is 0 Å². The molecule has 1 heterocycles. The third kappa shape index (κ3) is 2.90. The fourth-order valence-corrected chi connectivity index (χ4v) is 3.02. The molecule has 5 heteroatoms. The van der Waals surface area contributed by atoms with Gasteiger partial charge in [0.25, 0.3) is 0 Å². The predicted octanol–water partition coefficient (Wildman–Crippen LogP) is 1.38. The fraction of sp³-hybridized carbons (Fsp3) is 0.412. The molecule has 0 bridgehead atoms. The predicted molar refractivity (Wildman–Crippen MR) is 80.0 cm³/mol. The second kappa shape index (κ2) is 6.32. The van der Waals surface area contributed by atoms with Crippen LogP contribution in [0.3, 0.4) is 0 Å². The molecule has 2 aliphatic rings. The minimum atomic E-state index is -0.888. The Balaban J connectivity index is 1.56. The zero-order valence-electron chi connectivity index (χ0n) is 12.2. The molecule has 0 radical (unpaired) electrons. The lowest BCUT2D eigenvalue weighted by atomic mass is 9.85. The van der Waals surface area contributed by atoms with E-state index in [1.54, 1.807) is 12.1 Å². The highest BCUT2D eigenvalue weighted by Crippen LogP contribution is 2.35. The minimum absolute atomic E-state index is 0.00248. The van der Waals surface area contributed by atoms with Crippen LogP contribution in [0.1, 0.15) is 12.8 Å². The number of imide groups is 1. The molecule has 2 amide bonds. The molecule has 3 atom stereocenters. The van der Waals surface area contributed by atoms with Gasteiger partial charge in [0.05, 0.1) is 18.4 Å². The number of carbonyl (C=O) groups is 2. The summed E-state index contributed by atoms with van der Waals surface area (Å²) in [6, 6.07) is 9.14. The number of fused-ring (bicyclic) bond motifs is 1. The van der Waals surface area contributed by atoms with E-state index in [1.165, 1.54) is 4.90 Å². The van der Waals surface area contributed by atoms with Crippen molar-refractivity contribution < 1.29 is 19.4 Å². The Kier molecular flexibility index (Phi) is 4.24. The Morgan fingerprint density at radius 3 is 2.27 bits per heavy atom. The maximum absolute atomic E-state index is 12.3. The van der Waals surface area contributed by atoms with Crippen LogP contribution in [0.2, 0.25) is 0 Å².